The number of ether oxygens (including phenoxy) is 1. The first-order valence-corrected chi connectivity index (χ1v) is 10.0. The predicted octanol–water partition coefficient (Wildman–Crippen LogP) is 3.63. The highest BCUT2D eigenvalue weighted by Gasteiger charge is 2.46. The Labute approximate surface area is 169 Å². The minimum absolute atomic E-state index is 0.0792. The number of benzene rings is 1. The second-order valence-electron chi connectivity index (χ2n) is 7.56. The van der Waals surface area contributed by atoms with Gasteiger partial charge in [0, 0.05) is 24.7 Å². The second kappa shape index (κ2) is 7.70. The molecule has 3 heterocycles. The maximum absolute atomic E-state index is 12.9. The van der Waals surface area contributed by atoms with Crippen LogP contribution in [0.4, 0.5) is 0 Å². The zero-order chi connectivity index (χ0) is 20.5. The Morgan fingerprint density at radius 3 is 2.83 bits per heavy atom. The third kappa shape index (κ3) is 3.39. The van der Waals surface area contributed by atoms with Crippen molar-refractivity contribution in [3.05, 3.63) is 65.0 Å². The molecular formula is C23H24N2O4. The number of nitrogens with zero attached hydrogens (tertiary/aromatic N) is 2. The number of carbonyl (C=O) groups is 2. The van der Waals surface area contributed by atoms with E-state index in [0.29, 0.717) is 17.8 Å². The van der Waals surface area contributed by atoms with Crippen LogP contribution in [0.5, 0.6) is 5.75 Å². The van der Waals surface area contributed by atoms with Gasteiger partial charge in [-0.15, -0.1) is 0 Å². The predicted molar refractivity (Wildman–Crippen MR) is 108 cm³/mol. The van der Waals surface area contributed by atoms with E-state index >= 15 is 0 Å². The van der Waals surface area contributed by atoms with Gasteiger partial charge < -0.3 is 14.7 Å². The van der Waals surface area contributed by atoms with Crippen molar-refractivity contribution in [1.82, 2.24) is 9.88 Å². The number of unbranched alkanes of at least 4 members (excludes halogenated alkanes) is 1. The summed E-state index contributed by atoms with van der Waals surface area (Å²) in [5, 5.41) is 11.1. The molecule has 0 spiro atoms. The van der Waals surface area contributed by atoms with Gasteiger partial charge in [-0.3, -0.25) is 14.6 Å². The van der Waals surface area contributed by atoms with Crippen LogP contribution in [-0.4, -0.2) is 39.3 Å². The Bertz CT molecular complexity index is 984. The normalized spacial score (nSPS) is 22.6. The molecule has 2 unspecified atom stereocenters. The van der Waals surface area contributed by atoms with Crippen LogP contribution in [0, 0.1) is 0 Å². The van der Waals surface area contributed by atoms with Gasteiger partial charge in [0.1, 0.15) is 23.7 Å². The summed E-state index contributed by atoms with van der Waals surface area (Å²) < 4.78 is 5.72. The van der Waals surface area contributed by atoms with Crippen molar-refractivity contribution in [1.29, 1.82) is 0 Å². The number of aliphatic hydroxyl groups excluding tert-OH is 1. The van der Waals surface area contributed by atoms with Crippen molar-refractivity contribution in [2.24, 2.45) is 0 Å². The average Bonchev–Trinajstić information content (AvgIpc) is 3.22. The average molecular weight is 392 g/mol. The largest absolute Gasteiger partial charge is 0.507 e. The fraction of sp³-hybridized carbons (Fsp3) is 0.348. The van der Waals surface area contributed by atoms with Gasteiger partial charge in [0.2, 0.25) is 0 Å². The monoisotopic (exact) mass is 392 g/mol. The summed E-state index contributed by atoms with van der Waals surface area (Å²) in [7, 11) is 0. The molecule has 4 rings (SSSR count). The molecule has 1 amide bonds. The fourth-order valence-electron chi connectivity index (χ4n) is 4.01. The Morgan fingerprint density at radius 1 is 1.28 bits per heavy atom. The highest BCUT2D eigenvalue weighted by molar-refractivity contribution is 6.46. The van der Waals surface area contributed by atoms with Crippen LogP contribution in [0.25, 0.3) is 5.76 Å². The lowest BCUT2D eigenvalue weighted by Crippen LogP contribution is -2.31. The first-order chi connectivity index (χ1) is 14.0. The molecule has 1 aromatic heterocycles. The molecule has 0 aliphatic carbocycles. The number of fused-ring (bicyclic) bond motifs is 1. The van der Waals surface area contributed by atoms with E-state index in [-0.39, 0.29) is 17.4 Å². The molecule has 0 radical (unpaired) electrons. The third-order valence-electron chi connectivity index (χ3n) is 5.43. The number of hydrogen-bond donors (Lipinski definition) is 1. The van der Waals surface area contributed by atoms with Gasteiger partial charge in [-0.2, -0.15) is 0 Å². The molecule has 1 N–H and O–H groups in total. The molecule has 150 valence electrons. The van der Waals surface area contributed by atoms with Crippen LogP contribution in [0.2, 0.25) is 0 Å². The van der Waals surface area contributed by atoms with Crippen LogP contribution in [0.15, 0.2) is 48.2 Å². The molecule has 1 saturated heterocycles. The van der Waals surface area contributed by atoms with Crippen LogP contribution in [-0.2, 0) is 16.0 Å². The molecule has 6 nitrogen and oxygen atoms in total. The van der Waals surface area contributed by atoms with E-state index in [1.54, 1.807) is 30.5 Å². The van der Waals surface area contributed by atoms with Crippen LogP contribution < -0.4 is 4.74 Å². The van der Waals surface area contributed by atoms with E-state index in [1.807, 2.05) is 26.0 Å². The lowest BCUT2D eigenvalue weighted by molar-refractivity contribution is -0.140. The van der Waals surface area contributed by atoms with E-state index in [2.05, 4.69) is 4.98 Å². The van der Waals surface area contributed by atoms with Crippen molar-refractivity contribution in [2.75, 3.05) is 6.54 Å². The summed E-state index contributed by atoms with van der Waals surface area (Å²) in [4.78, 5) is 31.6. The number of ketones is 1. The standard InChI is InChI=1S/C23H24N2O4/c1-3-4-11-25-20(17-7-5-6-10-24-17)19(22(27)23(25)28)21(26)15-8-9-18-16(13-15)12-14(2)29-18/h5-10,13-14,20,26H,3-4,11-12H2,1-2H3/b21-19-. The van der Waals surface area contributed by atoms with Crippen molar-refractivity contribution >= 4 is 17.4 Å². The van der Waals surface area contributed by atoms with Crippen LogP contribution >= 0.6 is 0 Å². The first-order valence-electron chi connectivity index (χ1n) is 10.0. The van der Waals surface area contributed by atoms with Gasteiger partial charge in [0.15, 0.2) is 0 Å². The summed E-state index contributed by atoms with van der Waals surface area (Å²) in [6.45, 7) is 4.45. The zero-order valence-corrected chi connectivity index (χ0v) is 16.6. The van der Waals surface area contributed by atoms with Crippen molar-refractivity contribution in [3.8, 4) is 5.75 Å². The lowest BCUT2D eigenvalue weighted by atomic mass is 9.97. The van der Waals surface area contributed by atoms with Gasteiger partial charge in [0.05, 0.1) is 11.3 Å². The topological polar surface area (TPSA) is 79.7 Å². The Kier molecular flexibility index (Phi) is 5.09. The molecule has 2 aromatic rings. The van der Waals surface area contributed by atoms with Gasteiger partial charge in [0.25, 0.3) is 11.7 Å². The molecule has 1 aromatic carbocycles. The SMILES string of the molecule is CCCCN1C(=O)C(=O)/C(=C(\O)c2ccc3c(c2)CC(C)O3)C1c1ccccn1. The quantitative estimate of drug-likeness (QED) is 0.478. The molecule has 1 fully saturated rings. The molecule has 0 bridgehead atoms. The number of rotatable bonds is 5. The Morgan fingerprint density at radius 2 is 2.10 bits per heavy atom. The Balaban J connectivity index is 1.82. The minimum atomic E-state index is -0.689. The van der Waals surface area contributed by atoms with E-state index in [1.165, 1.54) is 4.90 Å². The number of aliphatic hydroxyl groups is 1. The first kappa shape index (κ1) is 19.2. The maximum Gasteiger partial charge on any atom is 0.295 e. The number of pyridine rings is 1. The fourth-order valence-corrected chi connectivity index (χ4v) is 4.01. The number of aromatic nitrogens is 1. The highest BCUT2D eigenvalue weighted by Crippen LogP contribution is 2.40. The van der Waals surface area contributed by atoms with Gasteiger partial charge in [-0.25, -0.2) is 0 Å². The molecule has 2 atom stereocenters. The van der Waals surface area contributed by atoms with E-state index in [9.17, 15) is 14.7 Å². The summed E-state index contributed by atoms with van der Waals surface area (Å²) in [6, 6.07) is 10.0. The van der Waals surface area contributed by atoms with Crippen molar-refractivity contribution in [3.63, 3.8) is 0 Å². The van der Waals surface area contributed by atoms with E-state index < -0.39 is 17.7 Å². The smallest absolute Gasteiger partial charge is 0.295 e. The Hall–Kier alpha value is -3.15. The molecular weight excluding hydrogens is 368 g/mol. The molecule has 29 heavy (non-hydrogen) atoms. The molecule has 2 aliphatic rings. The summed E-state index contributed by atoms with van der Waals surface area (Å²) in [6.07, 6.45) is 4.11. The van der Waals surface area contributed by atoms with Crippen LogP contribution in [0.3, 0.4) is 0 Å². The van der Waals surface area contributed by atoms with E-state index in [0.717, 1.165) is 30.6 Å². The minimum Gasteiger partial charge on any atom is -0.507 e. The van der Waals surface area contributed by atoms with Gasteiger partial charge in [-0.1, -0.05) is 19.4 Å². The molecule has 6 heteroatoms. The summed E-state index contributed by atoms with van der Waals surface area (Å²) in [5.74, 6) is -0.632. The number of Topliss-reactive ketones (excluding diaryl/α,β-unsaturated/α-hetero) is 1. The van der Waals surface area contributed by atoms with E-state index in [4.69, 9.17) is 4.74 Å². The number of carbonyl (C=O) groups excluding carboxylic acids is 2. The van der Waals surface area contributed by atoms with Crippen LogP contribution in [0.1, 0.15) is 49.6 Å². The number of hydrogen-bond acceptors (Lipinski definition) is 5. The van der Waals surface area contributed by atoms with Gasteiger partial charge in [-0.05, 0) is 49.2 Å². The summed E-state index contributed by atoms with van der Waals surface area (Å²) >= 11 is 0. The van der Waals surface area contributed by atoms with Gasteiger partial charge >= 0.3 is 0 Å². The molecule has 0 saturated carbocycles. The maximum atomic E-state index is 12.9. The molecule has 2 aliphatic heterocycles. The second-order valence-corrected chi connectivity index (χ2v) is 7.56. The van der Waals surface area contributed by atoms with Crippen molar-refractivity contribution in [2.45, 2.75) is 45.3 Å². The zero-order valence-electron chi connectivity index (χ0n) is 16.6. The third-order valence-corrected chi connectivity index (χ3v) is 5.43. The number of amides is 1. The highest BCUT2D eigenvalue weighted by atomic mass is 16.5. The summed E-state index contributed by atoms with van der Waals surface area (Å²) in [5.41, 5.74) is 2.16. The van der Waals surface area contributed by atoms with Crippen molar-refractivity contribution < 1.29 is 19.4 Å². The number of likely N-dealkylation sites (tertiary alicyclic amines) is 1. The lowest BCUT2D eigenvalue weighted by Gasteiger charge is -2.24.